The zero-order valence-electron chi connectivity index (χ0n) is 20.7. The second-order valence-corrected chi connectivity index (χ2v) is 9.30. The summed E-state index contributed by atoms with van der Waals surface area (Å²) in [5.41, 5.74) is 4.74. The zero-order chi connectivity index (χ0) is 24.6. The van der Waals surface area contributed by atoms with Crippen LogP contribution in [0.1, 0.15) is 23.7 Å². The van der Waals surface area contributed by atoms with Gasteiger partial charge < -0.3 is 14.5 Å². The molecule has 1 unspecified atom stereocenters. The van der Waals surface area contributed by atoms with E-state index in [1.807, 2.05) is 19.4 Å². The highest BCUT2D eigenvalue weighted by Gasteiger charge is 2.33. The molecule has 180 valence electrons. The lowest BCUT2D eigenvalue weighted by atomic mass is 9.98. The molecule has 0 saturated heterocycles. The first-order valence-electron chi connectivity index (χ1n) is 12.1. The summed E-state index contributed by atoms with van der Waals surface area (Å²) in [5, 5.41) is 2.59. The van der Waals surface area contributed by atoms with Crippen molar-refractivity contribution in [2.24, 2.45) is 0 Å². The van der Waals surface area contributed by atoms with E-state index in [4.69, 9.17) is 14.7 Å². The maximum atomic E-state index is 12.3. The fraction of sp³-hybridized carbons (Fsp3) is 0.321. The predicted molar refractivity (Wildman–Crippen MR) is 139 cm³/mol. The number of aryl methyl sites for hydroxylation is 1. The molecule has 0 fully saturated rings. The van der Waals surface area contributed by atoms with Crippen LogP contribution >= 0.6 is 0 Å². The molecule has 1 aromatic heterocycles. The largest absolute Gasteiger partial charge is 0.467 e. The van der Waals surface area contributed by atoms with E-state index >= 15 is 0 Å². The molecule has 0 saturated carbocycles. The minimum Gasteiger partial charge on any atom is -0.467 e. The van der Waals surface area contributed by atoms with Gasteiger partial charge in [0.05, 0.1) is 39.1 Å². The summed E-state index contributed by atoms with van der Waals surface area (Å²) in [5.74, 6) is 0.854. The topological polar surface area (TPSA) is 58.6 Å². The number of carbonyl (C=O) groups is 1. The molecular formula is C28H32N5O2+. The van der Waals surface area contributed by atoms with Crippen molar-refractivity contribution in [3.05, 3.63) is 78.3 Å². The van der Waals surface area contributed by atoms with Crippen LogP contribution < -0.4 is 14.5 Å². The fourth-order valence-corrected chi connectivity index (χ4v) is 5.14. The molecule has 7 heteroatoms. The first-order valence-corrected chi connectivity index (χ1v) is 12.1. The second-order valence-electron chi connectivity index (χ2n) is 9.30. The Kier molecular flexibility index (Phi) is 6.03. The molecule has 2 aliphatic heterocycles. The summed E-state index contributed by atoms with van der Waals surface area (Å²) in [4.78, 5) is 26.3. The van der Waals surface area contributed by atoms with E-state index in [1.165, 1.54) is 28.1 Å². The van der Waals surface area contributed by atoms with Crippen LogP contribution in [0.4, 0.5) is 11.5 Å². The molecule has 0 N–H and O–H groups in total. The van der Waals surface area contributed by atoms with Gasteiger partial charge >= 0.3 is 11.9 Å². The molecule has 35 heavy (non-hydrogen) atoms. The number of aromatic nitrogens is 2. The Balaban J connectivity index is 1.51. The Morgan fingerprint density at radius 2 is 2.00 bits per heavy atom. The van der Waals surface area contributed by atoms with Gasteiger partial charge in [0, 0.05) is 29.3 Å². The van der Waals surface area contributed by atoms with E-state index in [9.17, 15) is 4.79 Å². The van der Waals surface area contributed by atoms with Crippen molar-refractivity contribution in [2.75, 3.05) is 43.6 Å². The minimum atomic E-state index is -0.0135. The number of likely N-dealkylation sites (N-methyl/N-ethyl adjacent to an activating group) is 1. The van der Waals surface area contributed by atoms with Crippen molar-refractivity contribution < 1.29 is 14.0 Å². The zero-order valence-corrected chi connectivity index (χ0v) is 20.7. The van der Waals surface area contributed by atoms with Crippen molar-refractivity contribution in [3.8, 4) is 6.01 Å². The van der Waals surface area contributed by atoms with Gasteiger partial charge in [-0.1, -0.05) is 43.8 Å². The maximum absolute atomic E-state index is 12.3. The lowest BCUT2D eigenvalue weighted by Gasteiger charge is -2.36. The lowest BCUT2D eigenvalue weighted by molar-refractivity contribution is -0.779. The van der Waals surface area contributed by atoms with Crippen LogP contribution in [0.3, 0.4) is 0 Å². The van der Waals surface area contributed by atoms with Gasteiger partial charge in [-0.2, -0.15) is 9.97 Å². The van der Waals surface area contributed by atoms with Crippen molar-refractivity contribution in [3.63, 3.8) is 0 Å². The summed E-state index contributed by atoms with van der Waals surface area (Å²) < 4.78 is 5.70. The summed E-state index contributed by atoms with van der Waals surface area (Å²) in [6.07, 6.45) is 7.08. The van der Waals surface area contributed by atoms with E-state index in [0.717, 1.165) is 36.5 Å². The molecule has 3 heterocycles. The minimum absolute atomic E-state index is 0.0135. The van der Waals surface area contributed by atoms with Crippen LogP contribution in [-0.4, -0.2) is 54.1 Å². The van der Waals surface area contributed by atoms with Crippen LogP contribution in [0.25, 0.3) is 10.8 Å². The molecule has 0 aliphatic carbocycles. The number of nitrogens with zero attached hydrogens (tertiary/aromatic N) is 5. The van der Waals surface area contributed by atoms with E-state index in [2.05, 4.69) is 59.7 Å². The highest BCUT2D eigenvalue weighted by molar-refractivity contribution is 5.97. The first kappa shape index (κ1) is 23.1. The third-order valence-electron chi connectivity index (χ3n) is 7.23. The van der Waals surface area contributed by atoms with Gasteiger partial charge in [-0.05, 0) is 29.9 Å². The molecule has 0 spiro atoms. The molecule has 1 atom stereocenters. The molecule has 5 rings (SSSR count). The Morgan fingerprint density at radius 3 is 2.69 bits per heavy atom. The number of hydrogen-bond acceptors (Lipinski definition) is 6. The summed E-state index contributed by atoms with van der Waals surface area (Å²) in [7, 11) is 3.51. The molecule has 1 amide bonds. The molecule has 0 bridgehead atoms. The molecule has 7 nitrogen and oxygen atoms in total. The Labute approximate surface area is 206 Å². The molecular weight excluding hydrogens is 438 g/mol. The van der Waals surface area contributed by atoms with Gasteiger partial charge in [0.15, 0.2) is 0 Å². The van der Waals surface area contributed by atoms with Crippen molar-refractivity contribution in [2.45, 2.75) is 26.3 Å². The monoisotopic (exact) mass is 470 g/mol. The number of fused-ring (bicyclic) bond motifs is 2. The highest BCUT2D eigenvalue weighted by atomic mass is 16.5. The normalized spacial score (nSPS) is 19.5. The van der Waals surface area contributed by atoms with Crippen LogP contribution in [0, 0.1) is 0 Å². The average Bonchev–Trinajstić information content (AvgIpc) is 2.91. The second kappa shape index (κ2) is 9.15. The van der Waals surface area contributed by atoms with E-state index in [1.54, 1.807) is 7.11 Å². The number of methoxy groups -OCH3 is 1. The van der Waals surface area contributed by atoms with Gasteiger partial charge in [0.25, 0.3) is 0 Å². The van der Waals surface area contributed by atoms with Crippen LogP contribution in [0.15, 0.2) is 61.5 Å². The molecule has 0 radical (unpaired) electrons. The summed E-state index contributed by atoms with van der Waals surface area (Å²) in [6.45, 7) is 8.75. The number of carbonyl (C=O) groups excluding carboxylic acids is 1. The molecule has 3 aromatic rings. The van der Waals surface area contributed by atoms with Gasteiger partial charge in [0.2, 0.25) is 0 Å². The number of hydrogen-bond donors (Lipinski definition) is 0. The van der Waals surface area contributed by atoms with Gasteiger partial charge in [-0.3, -0.25) is 0 Å². The smallest absolute Gasteiger partial charge is 0.342 e. The maximum Gasteiger partial charge on any atom is 0.342 e. The number of amides is 1. The third-order valence-corrected chi connectivity index (χ3v) is 7.23. The summed E-state index contributed by atoms with van der Waals surface area (Å²) in [6, 6.07) is 13.5. The SMILES string of the molecule is C=CC(=O)[N+]1(C)C=CN(c2nc(OC)nc3c2CCN(c2cccc4cccc(CC)c24)C3)CC1. The predicted octanol–water partition coefficient (Wildman–Crippen LogP) is 4.21. The van der Waals surface area contributed by atoms with E-state index < -0.39 is 0 Å². The number of benzene rings is 2. The fourth-order valence-electron chi connectivity index (χ4n) is 5.14. The summed E-state index contributed by atoms with van der Waals surface area (Å²) >= 11 is 0. The van der Waals surface area contributed by atoms with Gasteiger partial charge in [0.1, 0.15) is 18.6 Å². The van der Waals surface area contributed by atoms with Crippen molar-refractivity contribution in [1.29, 1.82) is 0 Å². The number of quaternary nitrogens is 1. The first-order chi connectivity index (χ1) is 17.0. The van der Waals surface area contributed by atoms with Crippen LogP contribution in [0.2, 0.25) is 0 Å². The van der Waals surface area contributed by atoms with Gasteiger partial charge in [-0.25, -0.2) is 9.28 Å². The number of rotatable bonds is 5. The molecule has 2 aliphatic rings. The van der Waals surface area contributed by atoms with Gasteiger partial charge in [-0.15, -0.1) is 0 Å². The van der Waals surface area contributed by atoms with E-state index in [-0.39, 0.29) is 10.4 Å². The van der Waals surface area contributed by atoms with Crippen molar-refractivity contribution >= 4 is 28.2 Å². The molecule has 2 aromatic carbocycles. The van der Waals surface area contributed by atoms with Crippen molar-refractivity contribution in [1.82, 2.24) is 9.97 Å². The van der Waals surface area contributed by atoms with E-state index in [0.29, 0.717) is 25.6 Å². The highest BCUT2D eigenvalue weighted by Crippen LogP contribution is 2.36. The lowest BCUT2D eigenvalue weighted by Crippen LogP contribution is -2.51. The average molecular weight is 471 g/mol. The Hall–Kier alpha value is -3.71. The van der Waals surface area contributed by atoms with Crippen LogP contribution in [0.5, 0.6) is 6.01 Å². The Bertz CT molecular complexity index is 1330. The number of ether oxygens (including phenoxy) is 1. The third kappa shape index (κ3) is 4.06. The standard InChI is InChI=1S/C28H32N5O2/c1-5-20-9-7-10-21-11-8-12-24(26(20)21)32-14-13-22-23(19-32)29-28(35-4)30-27(22)31-15-17-33(3,18-16-31)25(34)6-2/h6-12,15,17H,2,5,13-14,16,18-19H2,1,3-4H3/q+1. The Morgan fingerprint density at radius 1 is 1.20 bits per heavy atom. The quantitative estimate of drug-likeness (QED) is 0.411. The number of anilines is 2. The van der Waals surface area contributed by atoms with Crippen LogP contribution in [-0.2, 0) is 24.2 Å².